The maximum absolute atomic E-state index is 13.0. The highest BCUT2D eigenvalue weighted by atomic mass is 35.5. The number of ether oxygens (including phenoxy) is 1. The molecule has 0 atom stereocenters. The Balaban J connectivity index is 0.00000256. The molecule has 0 unspecified atom stereocenters. The van der Waals surface area contributed by atoms with Crippen molar-refractivity contribution in [3.63, 3.8) is 0 Å². The third-order valence-electron chi connectivity index (χ3n) is 6.17. The number of carbonyl (C=O) groups is 1. The molecule has 162 valence electrons. The highest BCUT2D eigenvalue weighted by Gasteiger charge is 2.41. The number of carbonyl (C=O) groups excluding carboxylic acids is 1. The highest BCUT2D eigenvalue weighted by Crippen LogP contribution is 2.31. The van der Waals surface area contributed by atoms with Gasteiger partial charge in [0, 0.05) is 39.4 Å². The van der Waals surface area contributed by atoms with Crippen LogP contribution in [0.3, 0.4) is 0 Å². The molecular formula is C23H31ClN4O2. The van der Waals surface area contributed by atoms with Crippen LogP contribution in [0.15, 0.2) is 54.9 Å². The van der Waals surface area contributed by atoms with Gasteiger partial charge in [-0.2, -0.15) is 0 Å². The molecular weight excluding hydrogens is 400 g/mol. The number of likely N-dealkylation sites (tertiary alicyclic amines) is 1. The van der Waals surface area contributed by atoms with E-state index in [1.54, 1.807) is 17.3 Å². The zero-order valence-corrected chi connectivity index (χ0v) is 18.4. The summed E-state index contributed by atoms with van der Waals surface area (Å²) in [5, 5.41) is 0. The average molecular weight is 431 g/mol. The number of piperidine rings is 1. The number of urea groups is 1. The Bertz CT molecular complexity index is 797. The third-order valence-corrected chi connectivity index (χ3v) is 6.17. The fourth-order valence-electron chi connectivity index (χ4n) is 4.30. The van der Waals surface area contributed by atoms with Gasteiger partial charge in [-0.05, 0) is 37.0 Å². The van der Waals surface area contributed by atoms with Gasteiger partial charge >= 0.3 is 6.03 Å². The van der Waals surface area contributed by atoms with Crippen molar-refractivity contribution in [1.29, 1.82) is 0 Å². The van der Waals surface area contributed by atoms with Crippen molar-refractivity contribution in [1.82, 2.24) is 14.8 Å². The van der Waals surface area contributed by atoms with Gasteiger partial charge in [-0.25, -0.2) is 4.79 Å². The molecule has 0 aliphatic carbocycles. The second kappa shape index (κ2) is 10.2. The molecule has 0 saturated carbocycles. The van der Waals surface area contributed by atoms with Gasteiger partial charge in [-0.15, -0.1) is 12.4 Å². The number of halogens is 1. The molecule has 2 saturated heterocycles. The van der Waals surface area contributed by atoms with Gasteiger partial charge in [0.1, 0.15) is 0 Å². The standard InChI is InChI=1S/C23H30N4O2.ClH/c1-25(21-8-5-12-24-18-21)22(28)27-16-17-29-23(19-27)10-14-26(15-11-23)13-9-20-6-3-2-4-7-20;/h2-8,12,18H,9-11,13-17,19H2,1H3;1H. The molecule has 2 aliphatic rings. The molecule has 2 aliphatic heterocycles. The maximum Gasteiger partial charge on any atom is 0.324 e. The van der Waals surface area contributed by atoms with Crippen molar-refractivity contribution in [2.24, 2.45) is 0 Å². The molecule has 2 amide bonds. The number of nitrogens with zero attached hydrogens (tertiary/aromatic N) is 4. The normalized spacial score (nSPS) is 18.6. The van der Waals surface area contributed by atoms with E-state index in [9.17, 15) is 4.79 Å². The molecule has 2 aromatic rings. The number of pyridine rings is 1. The van der Waals surface area contributed by atoms with E-state index in [4.69, 9.17) is 4.74 Å². The number of hydrogen-bond acceptors (Lipinski definition) is 4. The van der Waals surface area contributed by atoms with E-state index < -0.39 is 0 Å². The SMILES string of the molecule is CN(C(=O)N1CCOC2(CCN(CCc3ccccc3)CC2)C1)c1cccnc1.Cl. The highest BCUT2D eigenvalue weighted by molar-refractivity contribution is 5.91. The molecule has 3 heterocycles. The first-order valence-electron chi connectivity index (χ1n) is 10.5. The molecule has 7 heteroatoms. The van der Waals surface area contributed by atoms with Crippen molar-refractivity contribution >= 4 is 24.1 Å². The van der Waals surface area contributed by atoms with Crippen LogP contribution in [0.4, 0.5) is 10.5 Å². The minimum atomic E-state index is -0.201. The van der Waals surface area contributed by atoms with Crippen molar-refractivity contribution in [2.75, 3.05) is 51.3 Å². The maximum atomic E-state index is 13.0. The predicted molar refractivity (Wildman–Crippen MR) is 121 cm³/mol. The summed E-state index contributed by atoms with van der Waals surface area (Å²) in [4.78, 5) is 23.3. The summed E-state index contributed by atoms with van der Waals surface area (Å²) in [6.07, 6.45) is 6.47. The lowest BCUT2D eigenvalue weighted by Crippen LogP contribution is -2.59. The van der Waals surface area contributed by atoms with Crippen molar-refractivity contribution in [3.8, 4) is 0 Å². The van der Waals surface area contributed by atoms with Crippen LogP contribution < -0.4 is 4.90 Å². The minimum Gasteiger partial charge on any atom is -0.371 e. The number of aromatic nitrogens is 1. The quantitative estimate of drug-likeness (QED) is 0.745. The van der Waals surface area contributed by atoms with Crippen LogP contribution in [0.5, 0.6) is 0 Å². The zero-order chi connectivity index (χ0) is 20.1. The summed E-state index contributed by atoms with van der Waals surface area (Å²) in [6, 6.07) is 14.4. The largest absolute Gasteiger partial charge is 0.371 e. The first kappa shape index (κ1) is 22.5. The van der Waals surface area contributed by atoms with Gasteiger partial charge in [0.05, 0.1) is 30.6 Å². The summed E-state index contributed by atoms with van der Waals surface area (Å²) in [5.41, 5.74) is 2.00. The van der Waals surface area contributed by atoms with Crippen LogP contribution >= 0.6 is 12.4 Å². The molecule has 6 nitrogen and oxygen atoms in total. The van der Waals surface area contributed by atoms with Gasteiger partial charge in [0.2, 0.25) is 0 Å². The number of benzene rings is 1. The molecule has 1 aromatic carbocycles. The van der Waals surface area contributed by atoms with Crippen LogP contribution in [0.1, 0.15) is 18.4 Å². The minimum absolute atomic E-state index is 0. The van der Waals surface area contributed by atoms with Crippen molar-refractivity contribution in [3.05, 3.63) is 60.4 Å². The molecule has 2 fully saturated rings. The summed E-state index contributed by atoms with van der Waals surface area (Å²) in [7, 11) is 1.81. The molecule has 1 spiro atoms. The van der Waals surface area contributed by atoms with Crippen LogP contribution in [-0.2, 0) is 11.2 Å². The predicted octanol–water partition coefficient (Wildman–Crippen LogP) is 3.47. The lowest BCUT2D eigenvalue weighted by atomic mass is 9.89. The summed E-state index contributed by atoms with van der Waals surface area (Å²) in [6.45, 7) is 5.04. The topological polar surface area (TPSA) is 48.9 Å². The first-order chi connectivity index (χ1) is 14.2. The van der Waals surface area contributed by atoms with Gasteiger partial charge < -0.3 is 14.5 Å². The zero-order valence-electron chi connectivity index (χ0n) is 17.6. The van der Waals surface area contributed by atoms with Gasteiger partial charge in [0.25, 0.3) is 0 Å². The van der Waals surface area contributed by atoms with E-state index in [0.29, 0.717) is 19.7 Å². The van der Waals surface area contributed by atoms with Crippen molar-refractivity contribution < 1.29 is 9.53 Å². The summed E-state index contributed by atoms with van der Waals surface area (Å²) in [5.74, 6) is 0. The molecule has 4 rings (SSSR count). The van der Waals surface area contributed by atoms with Crippen LogP contribution in [-0.4, -0.2) is 72.8 Å². The lowest BCUT2D eigenvalue weighted by molar-refractivity contribution is -0.125. The number of hydrogen-bond donors (Lipinski definition) is 0. The lowest BCUT2D eigenvalue weighted by Gasteiger charge is -2.47. The molecule has 0 bridgehead atoms. The second-order valence-corrected chi connectivity index (χ2v) is 8.08. The Morgan fingerprint density at radius 2 is 1.90 bits per heavy atom. The van der Waals surface area contributed by atoms with Gasteiger partial charge in [-0.1, -0.05) is 30.3 Å². The molecule has 0 N–H and O–H groups in total. The number of anilines is 1. The van der Waals surface area contributed by atoms with E-state index in [1.807, 2.05) is 24.1 Å². The van der Waals surface area contributed by atoms with E-state index in [-0.39, 0.29) is 24.0 Å². The fourth-order valence-corrected chi connectivity index (χ4v) is 4.30. The summed E-state index contributed by atoms with van der Waals surface area (Å²) >= 11 is 0. The molecule has 0 radical (unpaired) electrons. The smallest absolute Gasteiger partial charge is 0.324 e. The monoisotopic (exact) mass is 430 g/mol. The number of amides is 2. The molecule has 30 heavy (non-hydrogen) atoms. The van der Waals surface area contributed by atoms with Crippen LogP contribution in [0.25, 0.3) is 0 Å². The Morgan fingerprint density at radius 3 is 2.60 bits per heavy atom. The Morgan fingerprint density at radius 1 is 1.13 bits per heavy atom. The van der Waals surface area contributed by atoms with E-state index in [0.717, 1.165) is 44.6 Å². The van der Waals surface area contributed by atoms with Crippen LogP contribution in [0.2, 0.25) is 0 Å². The van der Waals surface area contributed by atoms with E-state index >= 15 is 0 Å². The van der Waals surface area contributed by atoms with E-state index in [1.165, 1.54) is 5.56 Å². The van der Waals surface area contributed by atoms with Crippen molar-refractivity contribution in [2.45, 2.75) is 24.9 Å². The number of rotatable bonds is 4. The van der Waals surface area contributed by atoms with E-state index in [2.05, 4.69) is 40.2 Å². The van der Waals surface area contributed by atoms with Gasteiger partial charge in [0.15, 0.2) is 0 Å². The van der Waals surface area contributed by atoms with Gasteiger partial charge in [-0.3, -0.25) is 9.88 Å². The summed E-state index contributed by atoms with van der Waals surface area (Å²) < 4.78 is 6.23. The average Bonchev–Trinajstić information content (AvgIpc) is 2.79. The first-order valence-corrected chi connectivity index (χ1v) is 10.5. The fraction of sp³-hybridized carbons (Fsp3) is 0.478. The Labute approximate surface area is 185 Å². The molecule has 1 aromatic heterocycles. The van der Waals surface area contributed by atoms with Crippen LogP contribution in [0, 0.1) is 0 Å². The second-order valence-electron chi connectivity index (χ2n) is 8.08. The number of morpholine rings is 1. The third kappa shape index (κ3) is 5.31. The Kier molecular flexibility index (Phi) is 7.69. The Hall–Kier alpha value is -2.15.